The van der Waals surface area contributed by atoms with Crippen LogP contribution in [0.4, 0.5) is 0 Å². The normalized spacial score (nSPS) is 11.1. The lowest BCUT2D eigenvalue weighted by Gasteiger charge is -2.20. The molecule has 0 aliphatic carbocycles. The fourth-order valence-corrected chi connectivity index (χ4v) is 4.26. The molecule has 1 N–H and O–H groups in total. The number of methoxy groups -OCH3 is 1. The Balaban J connectivity index is 1.82. The minimum absolute atomic E-state index is 0.0300. The van der Waals surface area contributed by atoms with Crippen LogP contribution in [-0.2, 0) is 26.6 Å². The highest BCUT2D eigenvalue weighted by Crippen LogP contribution is 2.33. The summed E-state index contributed by atoms with van der Waals surface area (Å²) in [5, 5.41) is 5.28. The molecule has 1 heterocycles. The van der Waals surface area contributed by atoms with Gasteiger partial charge in [-0.15, -0.1) is 0 Å². The van der Waals surface area contributed by atoms with Crippen LogP contribution in [0.25, 0.3) is 21.9 Å². The zero-order valence-corrected chi connectivity index (χ0v) is 18.3. The Bertz CT molecular complexity index is 1270. The second-order valence-corrected chi connectivity index (χ2v) is 7.66. The Labute approximate surface area is 183 Å². The molecule has 0 saturated heterocycles. The van der Waals surface area contributed by atoms with E-state index in [1.54, 1.807) is 11.7 Å². The number of benzene rings is 3. The molecule has 4 rings (SSSR count). The van der Waals surface area contributed by atoms with E-state index in [2.05, 4.69) is 48.6 Å². The smallest absolute Gasteiger partial charge is 0.258 e. The molecule has 0 radical (unpaired) electrons. The van der Waals surface area contributed by atoms with E-state index in [0.29, 0.717) is 13.1 Å². The number of aryl methyl sites for hydroxylation is 1. The van der Waals surface area contributed by atoms with Crippen molar-refractivity contribution >= 4 is 10.8 Å². The monoisotopic (exact) mass is 412 g/mol. The summed E-state index contributed by atoms with van der Waals surface area (Å²) in [5.41, 5.74) is 5.69. The lowest BCUT2D eigenvalue weighted by Crippen LogP contribution is -2.26. The molecule has 4 aromatic rings. The molecule has 0 aliphatic heterocycles. The Morgan fingerprint density at radius 3 is 2.23 bits per heavy atom. The molecule has 0 saturated carbocycles. The van der Waals surface area contributed by atoms with Gasteiger partial charge in [-0.1, -0.05) is 67.6 Å². The largest absolute Gasteiger partial charge is 0.496 e. The summed E-state index contributed by atoms with van der Waals surface area (Å²) in [5.74, 6) is 0.860. The van der Waals surface area contributed by atoms with Gasteiger partial charge in [0.25, 0.3) is 5.56 Å². The van der Waals surface area contributed by atoms with Crippen molar-refractivity contribution in [2.24, 2.45) is 7.05 Å². The maximum absolute atomic E-state index is 13.1. The van der Waals surface area contributed by atoms with E-state index in [9.17, 15) is 4.79 Å². The van der Waals surface area contributed by atoms with Gasteiger partial charge in [0, 0.05) is 42.3 Å². The van der Waals surface area contributed by atoms with Gasteiger partial charge >= 0.3 is 0 Å². The molecule has 0 fully saturated rings. The van der Waals surface area contributed by atoms with E-state index in [0.717, 1.165) is 39.8 Å². The van der Waals surface area contributed by atoms with Crippen LogP contribution in [0.3, 0.4) is 0 Å². The number of nitrogens with zero attached hydrogens (tertiary/aromatic N) is 1. The summed E-state index contributed by atoms with van der Waals surface area (Å²) in [7, 11) is 3.55. The summed E-state index contributed by atoms with van der Waals surface area (Å²) >= 11 is 0. The fraction of sp³-hybridized carbons (Fsp3) is 0.222. The van der Waals surface area contributed by atoms with Gasteiger partial charge in [-0.3, -0.25) is 4.79 Å². The molecular weight excluding hydrogens is 384 g/mol. The Kier molecular flexibility index (Phi) is 6.19. The van der Waals surface area contributed by atoms with Crippen molar-refractivity contribution in [3.8, 4) is 16.9 Å². The van der Waals surface area contributed by atoms with Gasteiger partial charge < -0.3 is 14.6 Å². The molecule has 0 atom stereocenters. The number of hydrogen-bond acceptors (Lipinski definition) is 3. The lowest BCUT2D eigenvalue weighted by atomic mass is 9.92. The molecule has 3 aromatic carbocycles. The molecule has 158 valence electrons. The van der Waals surface area contributed by atoms with E-state index in [-0.39, 0.29) is 5.56 Å². The van der Waals surface area contributed by atoms with Crippen molar-refractivity contribution in [3.63, 3.8) is 0 Å². The van der Waals surface area contributed by atoms with Crippen molar-refractivity contribution in [1.29, 1.82) is 0 Å². The van der Waals surface area contributed by atoms with Gasteiger partial charge in [0.2, 0.25) is 0 Å². The van der Waals surface area contributed by atoms with Crippen molar-refractivity contribution in [1.82, 2.24) is 9.88 Å². The first kappa shape index (κ1) is 20.9. The van der Waals surface area contributed by atoms with Gasteiger partial charge in [0.1, 0.15) is 5.75 Å². The highest BCUT2D eigenvalue weighted by Gasteiger charge is 2.18. The van der Waals surface area contributed by atoms with Crippen LogP contribution in [0, 0.1) is 0 Å². The van der Waals surface area contributed by atoms with E-state index in [1.165, 1.54) is 11.1 Å². The Morgan fingerprint density at radius 2 is 1.48 bits per heavy atom. The van der Waals surface area contributed by atoms with Crippen molar-refractivity contribution in [2.45, 2.75) is 26.4 Å². The third-order valence-electron chi connectivity index (χ3n) is 5.89. The van der Waals surface area contributed by atoms with Crippen LogP contribution in [-0.4, -0.2) is 11.7 Å². The SMILES string of the molecule is CCc1ccccc1-c1c(CNCc2ccccc2OC)n(C)c(=O)c2ccccc12. The van der Waals surface area contributed by atoms with Gasteiger partial charge in [-0.25, -0.2) is 0 Å². The highest BCUT2D eigenvalue weighted by molar-refractivity contribution is 5.98. The predicted molar refractivity (Wildman–Crippen MR) is 128 cm³/mol. The number of nitrogens with one attached hydrogen (secondary N) is 1. The van der Waals surface area contributed by atoms with Crippen molar-refractivity contribution < 1.29 is 4.74 Å². The number of hydrogen-bond donors (Lipinski definition) is 1. The fourth-order valence-electron chi connectivity index (χ4n) is 4.26. The van der Waals surface area contributed by atoms with E-state index >= 15 is 0 Å². The number of aromatic nitrogens is 1. The molecule has 31 heavy (non-hydrogen) atoms. The third-order valence-corrected chi connectivity index (χ3v) is 5.89. The number of ether oxygens (including phenoxy) is 1. The van der Waals surface area contributed by atoms with Crippen molar-refractivity contribution in [2.75, 3.05) is 7.11 Å². The van der Waals surface area contributed by atoms with E-state index in [4.69, 9.17) is 4.74 Å². The van der Waals surface area contributed by atoms with Gasteiger partial charge in [0.05, 0.1) is 7.11 Å². The summed E-state index contributed by atoms with van der Waals surface area (Å²) in [6, 6.07) is 24.4. The summed E-state index contributed by atoms with van der Waals surface area (Å²) in [4.78, 5) is 13.1. The average molecular weight is 413 g/mol. The van der Waals surface area contributed by atoms with E-state index < -0.39 is 0 Å². The summed E-state index contributed by atoms with van der Waals surface area (Å²) in [6.07, 6.45) is 0.932. The first-order valence-corrected chi connectivity index (χ1v) is 10.7. The number of fused-ring (bicyclic) bond motifs is 1. The maximum atomic E-state index is 13.1. The topological polar surface area (TPSA) is 43.3 Å². The molecule has 4 nitrogen and oxygen atoms in total. The molecule has 0 unspecified atom stereocenters. The molecule has 0 bridgehead atoms. The first-order valence-electron chi connectivity index (χ1n) is 10.7. The highest BCUT2D eigenvalue weighted by atomic mass is 16.5. The molecule has 0 amide bonds. The minimum Gasteiger partial charge on any atom is -0.496 e. The minimum atomic E-state index is 0.0300. The zero-order valence-electron chi connectivity index (χ0n) is 18.3. The van der Waals surface area contributed by atoms with Gasteiger partial charge in [-0.05, 0) is 35.1 Å². The second-order valence-electron chi connectivity index (χ2n) is 7.66. The molecule has 0 spiro atoms. The Morgan fingerprint density at radius 1 is 0.839 bits per heavy atom. The molecule has 1 aromatic heterocycles. The molecule has 0 aliphatic rings. The van der Waals surface area contributed by atoms with Crippen LogP contribution < -0.4 is 15.6 Å². The van der Waals surface area contributed by atoms with Crippen LogP contribution in [0.5, 0.6) is 5.75 Å². The predicted octanol–water partition coefficient (Wildman–Crippen LogP) is 5.07. The Hall–Kier alpha value is -3.37. The van der Waals surface area contributed by atoms with Crippen LogP contribution in [0.2, 0.25) is 0 Å². The van der Waals surface area contributed by atoms with Gasteiger partial charge in [0.15, 0.2) is 0 Å². The third kappa shape index (κ3) is 3.99. The number of rotatable bonds is 7. The summed E-state index contributed by atoms with van der Waals surface area (Å²) in [6.45, 7) is 3.39. The van der Waals surface area contributed by atoms with Crippen LogP contribution in [0.1, 0.15) is 23.7 Å². The quantitative estimate of drug-likeness (QED) is 0.461. The average Bonchev–Trinajstić information content (AvgIpc) is 2.82. The van der Waals surface area contributed by atoms with Gasteiger partial charge in [-0.2, -0.15) is 0 Å². The molecule has 4 heteroatoms. The summed E-state index contributed by atoms with van der Waals surface area (Å²) < 4.78 is 7.27. The maximum Gasteiger partial charge on any atom is 0.258 e. The number of para-hydroxylation sites is 1. The number of pyridine rings is 1. The molecular formula is C27H28N2O2. The van der Waals surface area contributed by atoms with Crippen LogP contribution >= 0.6 is 0 Å². The zero-order chi connectivity index (χ0) is 21.8. The second kappa shape index (κ2) is 9.19. The first-order chi connectivity index (χ1) is 15.2. The van der Waals surface area contributed by atoms with Crippen molar-refractivity contribution in [3.05, 3.63) is 100.0 Å². The standard InChI is InChI=1S/C27H28N2O2/c1-4-19-11-5-7-13-21(19)26-22-14-8-9-15-23(22)27(30)29(2)24(26)18-28-17-20-12-6-10-16-25(20)31-3/h5-16,28H,4,17-18H2,1-3H3. The van der Waals surface area contributed by atoms with E-state index in [1.807, 2.05) is 43.4 Å². The lowest BCUT2D eigenvalue weighted by molar-refractivity contribution is 0.407. The van der Waals surface area contributed by atoms with Crippen LogP contribution in [0.15, 0.2) is 77.6 Å².